The monoisotopic (exact) mass is 572 g/mol. The molecule has 40 heavy (non-hydrogen) atoms. The Hall–Kier alpha value is -4.45. The predicted octanol–water partition coefficient (Wildman–Crippen LogP) is 4.64. The normalized spacial score (nSPS) is 13.9. The molecule has 11 heteroatoms. The average Bonchev–Trinajstić information content (AvgIpc) is 3.47. The van der Waals surface area contributed by atoms with Gasteiger partial charge < -0.3 is 0 Å². The number of anilines is 1. The van der Waals surface area contributed by atoms with Gasteiger partial charge in [0.05, 0.1) is 26.2 Å². The van der Waals surface area contributed by atoms with Crippen LogP contribution >= 0.6 is 11.3 Å². The number of amides is 3. The van der Waals surface area contributed by atoms with Crippen LogP contribution in [0.2, 0.25) is 0 Å². The molecule has 1 unspecified atom stereocenters. The molecule has 0 fully saturated rings. The van der Waals surface area contributed by atoms with Crippen LogP contribution in [0.5, 0.6) is 0 Å². The second kappa shape index (κ2) is 11.0. The summed E-state index contributed by atoms with van der Waals surface area (Å²) in [5.74, 6) is -1.75. The highest BCUT2D eigenvalue weighted by molar-refractivity contribution is 7.89. The second-order valence-electron chi connectivity index (χ2n) is 8.88. The van der Waals surface area contributed by atoms with Gasteiger partial charge in [0.1, 0.15) is 6.04 Å². The first kappa shape index (κ1) is 27.1. The van der Waals surface area contributed by atoms with E-state index in [0.717, 1.165) is 16.2 Å². The van der Waals surface area contributed by atoms with Crippen LogP contribution in [-0.4, -0.2) is 53.4 Å². The summed E-state index contributed by atoms with van der Waals surface area (Å²) in [4.78, 5) is 45.6. The van der Waals surface area contributed by atoms with Gasteiger partial charge in [-0.2, -0.15) is 4.31 Å². The van der Waals surface area contributed by atoms with Crippen molar-refractivity contribution in [2.75, 3.05) is 18.4 Å². The first-order chi connectivity index (χ1) is 19.3. The van der Waals surface area contributed by atoms with Crippen molar-refractivity contribution in [2.24, 2.45) is 0 Å². The van der Waals surface area contributed by atoms with E-state index in [4.69, 9.17) is 0 Å². The van der Waals surface area contributed by atoms with Gasteiger partial charge in [0.2, 0.25) is 10.0 Å². The lowest BCUT2D eigenvalue weighted by molar-refractivity contribution is -0.120. The molecule has 9 nitrogen and oxygen atoms in total. The van der Waals surface area contributed by atoms with Crippen molar-refractivity contribution < 1.29 is 22.8 Å². The molecular weight excluding hydrogens is 548 g/mol. The van der Waals surface area contributed by atoms with E-state index in [9.17, 15) is 22.8 Å². The van der Waals surface area contributed by atoms with Crippen LogP contribution in [0, 0.1) is 0 Å². The molecule has 1 aromatic heterocycles. The van der Waals surface area contributed by atoms with E-state index in [-0.39, 0.29) is 34.2 Å². The van der Waals surface area contributed by atoms with Gasteiger partial charge in [-0.05, 0) is 35.9 Å². The Morgan fingerprint density at radius 1 is 0.950 bits per heavy atom. The molecule has 0 saturated carbocycles. The molecule has 0 radical (unpaired) electrons. The third kappa shape index (κ3) is 4.86. The number of benzene rings is 3. The lowest BCUT2D eigenvalue weighted by Gasteiger charge is -2.25. The molecule has 3 aromatic carbocycles. The van der Waals surface area contributed by atoms with E-state index >= 15 is 0 Å². The summed E-state index contributed by atoms with van der Waals surface area (Å²) >= 11 is 1.08. The summed E-state index contributed by atoms with van der Waals surface area (Å²) in [6.45, 7) is 7.48. The number of fused-ring (bicyclic) bond motifs is 2. The standard InChI is InChI=1S/C29H24N4O5S2/c1-3-16-32(17-4-2)40(37,38)20-14-15-23-24(18-20)39-29(30-23)31-26(34)25(19-10-6-5-7-11-19)33-27(35)21-12-8-9-13-22(21)28(33)36/h3-15,18,25H,1-2,16-17H2,(H,30,31,34). The quantitative estimate of drug-likeness (QED) is 0.219. The third-order valence-electron chi connectivity index (χ3n) is 6.34. The smallest absolute Gasteiger partial charge is 0.262 e. The highest BCUT2D eigenvalue weighted by Crippen LogP contribution is 2.34. The fourth-order valence-electron chi connectivity index (χ4n) is 4.50. The summed E-state index contributed by atoms with van der Waals surface area (Å²) in [6.07, 6.45) is 2.99. The van der Waals surface area contributed by atoms with Crippen molar-refractivity contribution in [3.8, 4) is 0 Å². The Morgan fingerprint density at radius 3 is 2.15 bits per heavy atom. The number of thiazole rings is 1. The van der Waals surface area contributed by atoms with Crippen LogP contribution in [0.15, 0.2) is 103 Å². The minimum absolute atomic E-state index is 0.0680. The molecule has 4 aromatic rings. The summed E-state index contributed by atoms with van der Waals surface area (Å²) < 4.78 is 28.1. The number of nitrogens with one attached hydrogen (secondary N) is 1. The van der Waals surface area contributed by atoms with E-state index in [2.05, 4.69) is 23.5 Å². The van der Waals surface area contributed by atoms with Gasteiger partial charge in [0, 0.05) is 13.1 Å². The van der Waals surface area contributed by atoms with E-state index in [1.807, 2.05) is 0 Å². The number of imide groups is 1. The summed E-state index contributed by atoms with van der Waals surface area (Å²) in [6, 6.07) is 18.2. The zero-order valence-corrected chi connectivity index (χ0v) is 22.8. The molecular formula is C29H24N4O5S2. The van der Waals surface area contributed by atoms with Crippen molar-refractivity contribution in [3.63, 3.8) is 0 Å². The van der Waals surface area contributed by atoms with Gasteiger partial charge >= 0.3 is 0 Å². The Morgan fingerprint density at radius 2 is 1.55 bits per heavy atom. The van der Waals surface area contributed by atoms with Crippen LogP contribution in [0.3, 0.4) is 0 Å². The number of aromatic nitrogens is 1. The van der Waals surface area contributed by atoms with Crippen molar-refractivity contribution in [3.05, 3.63) is 115 Å². The van der Waals surface area contributed by atoms with Gasteiger partial charge in [0.15, 0.2) is 5.13 Å². The summed E-state index contributed by atoms with van der Waals surface area (Å²) in [7, 11) is -3.83. The number of carbonyl (C=O) groups is 3. The lowest BCUT2D eigenvalue weighted by Crippen LogP contribution is -2.40. The van der Waals surface area contributed by atoms with Gasteiger partial charge in [-0.3, -0.25) is 24.6 Å². The molecule has 0 aliphatic carbocycles. The Balaban J connectivity index is 1.47. The predicted molar refractivity (Wildman–Crippen MR) is 154 cm³/mol. The largest absolute Gasteiger partial charge is 0.300 e. The molecule has 2 heterocycles. The zero-order valence-electron chi connectivity index (χ0n) is 21.2. The first-order valence-electron chi connectivity index (χ1n) is 12.2. The maximum absolute atomic E-state index is 13.7. The molecule has 1 N–H and O–H groups in total. The lowest BCUT2D eigenvalue weighted by atomic mass is 10.0. The van der Waals surface area contributed by atoms with Crippen LogP contribution in [0.1, 0.15) is 32.3 Å². The molecule has 1 atom stereocenters. The highest BCUT2D eigenvalue weighted by atomic mass is 32.2. The Kier molecular flexibility index (Phi) is 7.44. The van der Waals surface area contributed by atoms with Crippen LogP contribution < -0.4 is 5.32 Å². The number of carbonyl (C=O) groups excluding carboxylic acids is 3. The molecule has 1 aliphatic rings. The summed E-state index contributed by atoms with van der Waals surface area (Å²) in [5.41, 5.74) is 1.40. The molecule has 1 aliphatic heterocycles. The second-order valence-corrected chi connectivity index (χ2v) is 11.8. The van der Waals surface area contributed by atoms with E-state index in [1.165, 1.54) is 28.6 Å². The van der Waals surface area contributed by atoms with E-state index in [1.54, 1.807) is 60.7 Å². The minimum Gasteiger partial charge on any atom is -0.300 e. The molecule has 0 saturated heterocycles. The van der Waals surface area contributed by atoms with Gasteiger partial charge in [0.25, 0.3) is 17.7 Å². The maximum atomic E-state index is 13.7. The van der Waals surface area contributed by atoms with Gasteiger partial charge in [-0.1, -0.05) is 66.0 Å². The van der Waals surface area contributed by atoms with Gasteiger partial charge in [-0.25, -0.2) is 13.4 Å². The Labute approximate surface area is 235 Å². The van der Waals surface area contributed by atoms with Crippen LogP contribution in [0.25, 0.3) is 10.2 Å². The topological polar surface area (TPSA) is 117 Å². The van der Waals surface area contributed by atoms with Gasteiger partial charge in [-0.15, -0.1) is 13.2 Å². The molecule has 0 spiro atoms. The first-order valence-corrected chi connectivity index (χ1v) is 14.5. The SMILES string of the molecule is C=CCN(CC=C)S(=O)(=O)c1ccc2nc(NC(=O)C(c3ccccc3)N3C(=O)c4ccccc4C3=O)sc2c1. The van der Waals surface area contributed by atoms with Crippen LogP contribution in [0.4, 0.5) is 5.13 Å². The van der Waals surface area contributed by atoms with E-state index in [0.29, 0.717) is 15.8 Å². The average molecular weight is 573 g/mol. The fourth-order valence-corrected chi connectivity index (χ4v) is 6.89. The molecule has 0 bridgehead atoms. The Bertz CT molecular complexity index is 1720. The van der Waals surface area contributed by atoms with Crippen LogP contribution in [-0.2, 0) is 14.8 Å². The number of hydrogen-bond acceptors (Lipinski definition) is 7. The number of nitrogens with zero attached hydrogens (tertiary/aromatic N) is 3. The minimum atomic E-state index is -3.83. The van der Waals surface area contributed by atoms with Crippen molar-refractivity contribution >= 4 is 54.4 Å². The third-order valence-corrected chi connectivity index (χ3v) is 9.10. The number of hydrogen-bond donors (Lipinski definition) is 1. The zero-order chi connectivity index (χ0) is 28.4. The van der Waals surface area contributed by atoms with Crippen molar-refractivity contribution in [2.45, 2.75) is 10.9 Å². The van der Waals surface area contributed by atoms with Crippen molar-refractivity contribution in [1.82, 2.24) is 14.2 Å². The number of sulfonamides is 1. The summed E-state index contributed by atoms with van der Waals surface area (Å²) in [5, 5.41) is 2.93. The molecule has 202 valence electrons. The maximum Gasteiger partial charge on any atom is 0.262 e. The number of rotatable bonds is 10. The fraction of sp³-hybridized carbons (Fsp3) is 0.103. The molecule has 5 rings (SSSR count). The van der Waals surface area contributed by atoms with E-state index < -0.39 is 33.8 Å². The highest BCUT2D eigenvalue weighted by Gasteiger charge is 2.43. The van der Waals surface area contributed by atoms with Crippen molar-refractivity contribution in [1.29, 1.82) is 0 Å². The molecule has 3 amide bonds.